The van der Waals surface area contributed by atoms with Gasteiger partial charge in [-0.1, -0.05) is 6.08 Å². The molecule has 1 aromatic carbocycles. The number of aromatic nitrogens is 2. The van der Waals surface area contributed by atoms with Crippen molar-refractivity contribution in [2.45, 2.75) is 31.9 Å². The van der Waals surface area contributed by atoms with Gasteiger partial charge in [0.15, 0.2) is 0 Å². The van der Waals surface area contributed by atoms with Crippen LogP contribution in [0.3, 0.4) is 0 Å². The van der Waals surface area contributed by atoms with E-state index < -0.39 is 42.5 Å². The number of carboxylic acid groups (broad SMARTS) is 1. The lowest BCUT2D eigenvalue weighted by Gasteiger charge is -2.16. The number of halogens is 3. The molecular weight excluding hydrogens is 535 g/mol. The lowest BCUT2D eigenvalue weighted by atomic mass is 10.1. The smallest absolute Gasteiger partial charge is 0.405 e. The third kappa shape index (κ3) is 8.12. The Bertz CT molecular complexity index is 1470. The summed E-state index contributed by atoms with van der Waals surface area (Å²) in [6.45, 7) is -0.967. The highest BCUT2D eigenvalue weighted by Crippen LogP contribution is 2.28. The van der Waals surface area contributed by atoms with Crippen LogP contribution >= 0.6 is 0 Å². The predicted molar refractivity (Wildman–Crippen MR) is 140 cm³/mol. The molecule has 11 nitrogen and oxygen atoms in total. The fraction of sp³-hybridized carbons (Fsp3) is 0.308. The predicted octanol–water partition coefficient (Wildman–Crippen LogP) is 3.16. The molecule has 0 aliphatic rings. The number of allylic oxidation sites excluding steroid dienone is 1. The summed E-state index contributed by atoms with van der Waals surface area (Å²) < 4.78 is 45.4. The molecule has 0 saturated carbocycles. The normalized spacial score (nSPS) is 12.1. The number of pyridine rings is 1. The van der Waals surface area contributed by atoms with E-state index in [1.54, 1.807) is 14.1 Å². The van der Waals surface area contributed by atoms with Gasteiger partial charge in [0, 0.05) is 37.4 Å². The maximum absolute atomic E-state index is 14.0. The van der Waals surface area contributed by atoms with Gasteiger partial charge in [-0.15, -0.1) is 0 Å². The summed E-state index contributed by atoms with van der Waals surface area (Å²) in [6, 6.07) is 5.33. The second-order valence-electron chi connectivity index (χ2n) is 8.92. The molecule has 0 bridgehead atoms. The van der Waals surface area contributed by atoms with Crippen LogP contribution in [-0.4, -0.2) is 70.6 Å². The highest BCUT2D eigenvalue weighted by molar-refractivity contribution is 5.96. The van der Waals surface area contributed by atoms with Crippen molar-refractivity contribution >= 4 is 34.5 Å². The zero-order valence-electron chi connectivity index (χ0n) is 21.6. The number of rotatable bonds is 12. The van der Waals surface area contributed by atoms with Gasteiger partial charge in [-0.2, -0.15) is 0 Å². The van der Waals surface area contributed by atoms with Gasteiger partial charge in [0.1, 0.15) is 29.9 Å². The van der Waals surface area contributed by atoms with E-state index in [0.29, 0.717) is 11.1 Å². The lowest BCUT2D eigenvalue weighted by Crippen LogP contribution is -2.44. The van der Waals surface area contributed by atoms with Gasteiger partial charge >= 0.3 is 6.09 Å². The second kappa shape index (κ2) is 13.4. The number of anilines is 1. The van der Waals surface area contributed by atoms with Gasteiger partial charge in [0.2, 0.25) is 11.8 Å². The maximum atomic E-state index is 14.0. The summed E-state index contributed by atoms with van der Waals surface area (Å²) in [5.74, 6) is -1.83. The largest absolute Gasteiger partial charge is 0.485 e. The van der Waals surface area contributed by atoms with Gasteiger partial charge in [0.25, 0.3) is 12.0 Å². The zero-order valence-corrected chi connectivity index (χ0v) is 21.6. The summed E-state index contributed by atoms with van der Waals surface area (Å²) in [7, 11) is 3.14. The number of H-pyrrole nitrogens is 1. The molecule has 14 heteroatoms. The summed E-state index contributed by atoms with van der Waals surface area (Å²) >= 11 is 0. The molecule has 0 aliphatic carbocycles. The number of carbonyl (C=O) groups excluding carboxylic acids is 2. The van der Waals surface area contributed by atoms with Crippen LogP contribution in [0, 0.1) is 5.82 Å². The molecule has 3 amide bonds. The first-order valence-electron chi connectivity index (χ1n) is 12.0. The Hall–Kier alpha value is -4.75. The number of alkyl halides is 2. The number of hydrogen-bond acceptors (Lipinski definition) is 5. The van der Waals surface area contributed by atoms with Crippen LogP contribution in [0.25, 0.3) is 10.9 Å². The zero-order chi connectivity index (χ0) is 29.4. The van der Waals surface area contributed by atoms with E-state index in [0.717, 1.165) is 6.07 Å². The summed E-state index contributed by atoms with van der Waals surface area (Å²) in [5.41, 5.74) is -0.0254. The van der Waals surface area contributed by atoms with Crippen LogP contribution in [0.15, 0.2) is 53.5 Å². The number of nitrogens with one attached hydrogen (secondary N) is 3. The Morgan fingerprint density at radius 1 is 1.23 bits per heavy atom. The van der Waals surface area contributed by atoms with E-state index in [1.165, 1.54) is 52.1 Å². The van der Waals surface area contributed by atoms with Crippen LogP contribution in [-0.2, 0) is 16.1 Å². The monoisotopic (exact) mass is 563 g/mol. The molecule has 3 aromatic rings. The Kier molecular flexibility index (Phi) is 9.95. The quantitative estimate of drug-likeness (QED) is 0.249. The highest BCUT2D eigenvalue weighted by atomic mass is 19.3. The minimum Gasteiger partial charge on any atom is -0.485 e. The van der Waals surface area contributed by atoms with Gasteiger partial charge in [-0.25, -0.2) is 18.0 Å². The lowest BCUT2D eigenvalue weighted by molar-refractivity contribution is -0.123. The van der Waals surface area contributed by atoms with Crippen molar-refractivity contribution in [2.75, 3.05) is 26.0 Å². The van der Waals surface area contributed by atoms with Crippen molar-refractivity contribution in [2.24, 2.45) is 0 Å². The van der Waals surface area contributed by atoms with Crippen molar-refractivity contribution in [3.63, 3.8) is 0 Å². The molecule has 1 unspecified atom stereocenters. The molecule has 0 aliphatic heterocycles. The van der Waals surface area contributed by atoms with Crippen molar-refractivity contribution in [3.8, 4) is 5.75 Å². The Balaban J connectivity index is 1.76. The van der Waals surface area contributed by atoms with E-state index in [9.17, 15) is 32.3 Å². The minimum absolute atomic E-state index is 0.0257. The summed E-state index contributed by atoms with van der Waals surface area (Å²) in [5, 5.41) is 14.0. The summed E-state index contributed by atoms with van der Waals surface area (Å²) in [4.78, 5) is 53.0. The highest BCUT2D eigenvalue weighted by Gasteiger charge is 2.21. The number of ether oxygens (including phenoxy) is 1. The van der Waals surface area contributed by atoms with Gasteiger partial charge in [0.05, 0.1) is 12.1 Å². The molecule has 0 fully saturated rings. The first-order chi connectivity index (χ1) is 18.9. The fourth-order valence-corrected chi connectivity index (χ4v) is 3.76. The molecule has 0 saturated heterocycles. The molecule has 1 atom stereocenters. The third-order valence-corrected chi connectivity index (χ3v) is 5.63. The molecule has 2 heterocycles. The van der Waals surface area contributed by atoms with Crippen LogP contribution in [0.1, 0.15) is 18.5 Å². The van der Waals surface area contributed by atoms with E-state index in [-0.39, 0.29) is 42.2 Å². The average Bonchev–Trinajstić information content (AvgIpc) is 3.28. The van der Waals surface area contributed by atoms with Crippen molar-refractivity contribution < 1.29 is 37.4 Å². The number of carbonyl (C=O) groups is 3. The molecule has 40 heavy (non-hydrogen) atoms. The van der Waals surface area contributed by atoms with Crippen molar-refractivity contribution in [1.82, 2.24) is 19.8 Å². The second-order valence-corrected chi connectivity index (χ2v) is 8.92. The number of aromatic amines is 1. The molecule has 3 rings (SSSR count). The van der Waals surface area contributed by atoms with E-state index in [2.05, 4.69) is 15.6 Å². The Morgan fingerprint density at radius 2 is 1.98 bits per heavy atom. The standard InChI is InChI=1S/C26H28F3N5O6/c1-33(2)22(35)8-4-3-6-18(32-26(38)39)24(36)31-19-7-5-9-34(25(19)37)13-17-11-15-10-16(27)12-20(23(15)30-17)40-14-21(28)29/h4-5,7-12,18,21,30,32H,3,6,13-14H2,1-2H3,(H,31,36)(H,38,39)/b8-4+. The van der Waals surface area contributed by atoms with Crippen LogP contribution in [0.5, 0.6) is 5.75 Å². The topological polar surface area (TPSA) is 146 Å². The van der Waals surface area contributed by atoms with Gasteiger partial charge in [-0.3, -0.25) is 14.4 Å². The van der Waals surface area contributed by atoms with Crippen LogP contribution in [0.4, 0.5) is 23.7 Å². The Morgan fingerprint density at radius 3 is 2.65 bits per heavy atom. The third-order valence-electron chi connectivity index (χ3n) is 5.63. The van der Waals surface area contributed by atoms with Gasteiger partial charge < -0.3 is 34.9 Å². The molecular formula is C26H28F3N5O6. The van der Waals surface area contributed by atoms with Crippen molar-refractivity contribution in [1.29, 1.82) is 0 Å². The molecule has 214 valence electrons. The van der Waals surface area contributed by atoms with Gasteiger partial charge in [-0.05, 0) is 43.2 Å². The number of benzene rings is 1. The van der Waals surface area contributed by atoms with E-state index in [1.807, 2.05) is 0 Å². The molecule has 0 radical (unpaired) electrons. The SMILES string of the molecule is CN(C)C(=O)/C=C/CCC(NC(=O)O)C(=O)Nc1cccn(Cc2cc3cc(F)cc(OCC(F)F)c3[nH]2)c1=O. The van der Waals surface area contributed by atoms with E-state index >= 15 is 0 Å². The maximum Gasteiger partial charge on any atom is 0.405 e. The first kappa shape index (κ1) is 29.8. The Labute approximate surface area is 226 Å². The minimum atomic E-state index is -2.75. The molecule has 4 N–H and O–H groups in total. The number of likely N-dealkylation sites (N-methyl/N-ethyl adjacent to an activating group) is 1. The number of nitrogens with zero attached hydrogens (tertiary/aromatic N) is 2. The summed E-state index contributed by atoms with van der Waals surface area (Å²) in [6.07, 6.45) is 0.302. The number of fused-ring (bicyclic) bond motifs is 1. The van der Waals surface area contributed by atoms with Crippen LogP contribution in [0.2, 0.25) is 0 Å². The average molecular weight is 564 g/mol. The molecule has 0 spiro atoms. The molecule has 2 aromatic heterocycles. The number of amides is 3. The number of hydrogen-bond donors (Lipinski definition) is 4. The van der Waals surface area contributed by atoms with Crippen LogP contribution < -0.4 is 20.9 Å². The first-order valence-corrected chi connectivity index (χ1v) is 12.0. The van der Waals surface area contributed by atoms with E-state index in [4.69, 9.17) is 9.84 Å². The van der Waals surface area contributed by atoms with Crippen molar-refractivity contribution in [3.05, 3.63) is 70.5 Å². The fourth-order valence-electron chi connectivity index (χ4n) is 3.76.